The second kappa shape index (κ2) is 8.80. The summed E-state index contributed by atoms with van der Waals surface area (Å²) in [6.07, 6.45) is 7.80. The highest BCUT2D eigenvalue weighted by Crippen LogP contribution is 2.45. The van der Waals surface area contributed by atoms with Crippen molar-refractivity contribution in [3.05, 3.63) is 86.9 Å². The average molecular weight is 552 g/mol. The molecule has 0 radical (unpaired) electrons. The third-order valence-corrected chi connectivity index (χ3v) is 11.9. The molecule has 3 heterocycles. The first-order valence-electron chi connectivity index (χ1n) is 12.9. The Hall–Kier alpha value is -3.92. The summed E-state index contributed by atoms with van der Waals surface area (Å²) in [5.41, 5.74) is -0.447. The predicted octanol–water partition coefficient (Wildman–Crippen LogP) is 4.33. The fourth-order valence-corrected chi connectivity index (χ4v) is 8.99. The van der Waals surface area contributed by atoms with Gasteiger partial charge in [0.25, 0.3) is 0 Å². The summed E-state index contributed by atoms with van der Waals surface area (Å²) in [4.78, 5) is 26.3. The van der Waals surface area contributed by atoms with E-state index >= 15 is 8.78 Å². The monoisotopic (exact) mass is 551 g/mol. The highest BCUT2D eigenvalue weighted by atomic mass is 28.3. The number of hydrogen-bond acceptors (Lipinski definition) is 3. The van der Waals surface area contributed by atoms with Gasteiger partial charge < -0.3 is 15.1 Å². The third kappa shape index (κ3) is 3.65. The Balaban J connectivity index is 1.74. The van der Waals surface area contributed by atoms with E-state index in [-0.39, 0.29) is 5.57 Å². The van der Waals surface area contributed by atoms with Gasteiger partial charge in [-0.05, 0) is 51.7 Å². The van der Waals surface area contributed by atoms with Crippen LogP contribution in [0.4, 0.5) is 18.9 Å². The Morgan fingerprint density at radius 1 is 0.923 bits per heavy atom. The number of halogens is 3. The lowest BCUT2D eigenvalue weighted by molar-refractivity contribution is -0.582. The van der Waals surface area contributed by atoms with Crippen LogP contribution in [0.2, 0.25) is 13.1 Å². The molecule has 10 heteroatoms. The van der Waals surface area contributed by atoms with Crippen molar-refractivity contribution in [1.82, 2.24) is 0 Å². The molecular weight excluding hydrogens is 525 g/mol. The molecule has 6 rings (SSSR count). The highest BCUT2D eigenvalue weighted by molar-refractivity contribution is 6.98. The fourth-order valence-electron chi connectivity index (χ4n) is 5.92. The summed E-state index contributed by atoms with van der Waals surface area (Å²) in [5, 5.41) is 21.3. The van der Waals surface area contributed by atoms with Crippen LogP contribution in [0.3, 0.4) is 0 Å². The Bertz CT molecular complexity index is 1630. The average Bonchev–Trinajstić information content (AvgIpc) is 2.80. The minimum atomic E-state index is -2.49. The lowest BCUT2D eigenvalue weighted by atomic mass is 9.85. The first kappa shape index (κ1) is 25.4. The van der Waals surface area contributed by atoms with Crippen LogP contribution in [-0.2, 0) is 0 Å². The van der Waals surface area contributed by atoms with E-state index in [4.69, 9.17) is 0 Å². The molecule has 0 spiro atoms. The third-order valence-electron chi connectivity index (χ3n) is 8.33. The lowest BCUT2D eigenvalue weighted by Crippen LogP contribution is -2.50. The van der Waals surface area contributed by atoms with Gasteiger partial charge in [-0.25, -0.2) is 27.3 Å². The summed E-state index contributed by atoms with van der Waals surface area (Å²) in [5.74, 6) is -9.44. The number of rotatable bonds is 4. The zero-order valence-electron chi connectivity index (χ0n) is 21.4. The number of fused-ring (bicyclic) bond motifs is 2. The van der Waals surface area contributed by atoms with Gasteiger partial charge in [0.2, 0.25) is 0 Å². The molecule has 2 aromatic rings. The largest absolute Gasteiger partial charge is 0.478 e. The molecule has 0 aromatic heterocycles. The van der Waals surface area contributed by atoms with E-state index in [9.17, 15) is 24.2 Å². The standard InChI is InChI=1S/C29H25F3N2O4Si/c1-39(2)19-13-15(33-9-3-10-33)5-7-17(19)21(18-8-6-16(14-20(18)39)34-11-4-12-34)22-23(28(35)36)26(31)27(32)24(25(22)30)29(37)38/h5-8,13-14H,3-4,9-12H2,1-2H3,(H-,35,36,37,38)/p+1. The Labute approximate surface area is 223 Å². The van der Waals surface area contributed by atoms with Crippen LogP contribution < -0.4 is 10.1 Å². The van der Waals surface area contributed by atoms with Gasteiger partial charge in [-0.3, -0.25) is 0 Å². The maximum Gasteiger partial charge on any atom is 0.341 e. The molecule has 6 nitrogen and oxygen atoms in total. The van der Waals surface area contributed by atoms with E-state index in [0.29, 0.717) is 11.1 Å². The zero-order chi connectivity index (χ0) is 27.8. The SMILES string of the molecule is C[Si]1(C)C2=CC(=[N+]3CCC3)C=CC2=C(c2c(F)c(C(=O)O)c(F)c(F)c2C(=O)O)c2ccc(N3CCC3)cc21. The van der Waals surface area contributed by atoms with Crippen molar-refractivity contribution in [3.63, 3.8) is 0 Å². The van der Waals surface area contributed by atoms with E-state index in [0.717, 1.165) is 60.8 Å². The van der Waals surface area contributed by atoms with Crippen LogP contribution in [0.5, 0.6) is 0 Å². The molecule has 2 saturated heterocycles. The Morgan fingerprint density at radius 2 is 1.59 bits per heavy atom. The summed E-state index contributed by atoms with van der Waals surface area (Å²) in [6.45, 7) is 7.91. The van der Waals surface area contributed by atoms with Crippen molar-refractivity contribution in [3.8, 4) is 0 Å². The molecule has 0 unspecified atom stereocenters. The number of carboxylic acids is 2. The summed E-state index contributed by atoms with van der Waals surface area (Å²) in [6, 6.07) is 5.67. The van der Waals surface area contributed by atoms with Crippen LogP contribution in [0.1, 0.15) is 44.7 Å². The van der Waals surface area contributed by atoms with Crippen molar-refractivity contribution in [2.45, 2.75) is 25.9 Å². The molecule has 4 aliphatic rings. The number of carboxylic acid groups (broad SMARTS) is 2. The van der Waals surface area contributed by atoms with Crippen LogP contribution in [0.15, 0.2) is 47.2 Å². The van der Waals surface area contributed by atoms with Gasteiger partial charge in [0.15, 0.2) is 17.3 Å². The molecule has 3 aliphatic heterocycles. The molecule has 0 bridgehead atoms. The maximum absolute atomic E-state index is 16.0. The van der Waals surface area contributed by atoms with Gasteiger partial charge in [-0.2, -0.15) is 0 Å². The lowest BCUT2D eigenvalue weighted by Gasteiger charge is -2.40. The molecule has 200 valence electrons. The van der Waals surface area contributed by atoms with E-state index in [1.165, 1.54) is 0 Å². The minimum Gasteiger partial charge on any atom is -0.478 e. The van der Waals surface area contributed by atoms with Crippen LogP contribution >= 0.6 is 0 Å². The highest BCUT2D eigenvalue weighted by Gasteiger charge is 2.44. The molecule has 2 fully saturated rings. The Morgan fingerprint density at radius 3 is 2.15 bits per heavy atom. The summed E-state index contributed by atoms with van der Waals surface area (Å²) < 4.78 is 48.1. The number of anilines is 1. The number of allylic oxidation sites excluding steroid dienone is 5. The molecular formula is C29H26F3N2O4Si+. The molecule has 1 aliphatic carbocycles. The molecule has 39 heavy (non-hydrogen) atoms. The normalized spacial score (nSPS) is 19.2. The number of benzene rings is 2. The van der Waals surface area contributed by atoms with Crippen molar-refractivity contribution in [2.24, 2.45) is 0 Å². The molecule has 0 amide bonds. The second-order valence-electron chi connectivity index (χ2n) is 10.8. The number of aromatic carboxylic acids is 2. The van der Waals surface area contributed by atoms with E-state index in [1.807, 2.05) is 24.3 Å². The van der Waals surface area contributed by atoms with Gasteiger partial charge in [0.05, 0.1) is 6.42 Å². The molecule has 0 saturated carbocycles. The summed E-state index contributed by atoms with van der Waals surface area (Å²) >= 11 is 0. The predicted molar refractivity (Wildman–Crippen MR) is 143 cm³/mol. The van der Waals surface area contributed by atoms with Gasteiger partial charge in [0.1, 0.15) is 38.1 Å². The van der Waals surface area contributed by atoms with Crippen molar-refractivity contribution < 1.29 is 37.5 Å². The minimum absolute atomic E-state index is 0.0634. The van der Waals surface area contributed by atoms with Gasteiger partial charge >= 0.3 is 11.9 Å². The molecule has 2 aromatic carbocycles. The van der Waals surface area contributed by atoms with Crippen LogP contribution in [-0.4, -0.2) is 66.7 Å². The second-order valence-corrected chi connectivity index (χ2v) is 15.1. The zero-order valence-corrected chi connectivity index (χ0v) is 22.4. The molecule has 0 atom stereocenters. The number of carbonyl (C=O) groups is 2. The quantitative estimate of drug-likeness (QED) is 0.336. The number of nitrogens with zero attached hydrogens (tertiary/aromatic N) is 2. The van der Waals surface area contributed by atoms with Gasteiger partial charge in [-0.1, -0.05) is 19.2 Å². The van der Waals surface area contributed by atoms with Crippen LogP contribution in [0, 0.1) is 17.5 Å². The topological polar surface area (TPSA) is 80.8 Å². The molecule has 2 N–H and O–H groups in total. The fraction of sp³-hybridized carbons (Fsp3) is 0.276. The van der Waals surface area contributed by atoms with Gasteiger partial charge in [-0.15, -0.1) is 0 Å². The van der Waals surface area contributed by atoms with Gasteiger partial charge in [0, 0.05) is 36.5 Å². The maximum atomic E-state index is 16.0. The first-order chi connectivity index (χ1) is 18.5. The Kier molecular flexibility index (Phi) is 5.72. The van der Waals surface area contributed by atoms with Crippen molar-refractivity contribution in [2.75, 3.05) is 31.1 Å². The van der Waals surface area contributed by atoms with Crippen LogP contribution in [0.25, 0.3) is 5.57 Å². The number of hydrogen-bond donors (Lipinski definition) is 2. The summed E-state index contributed by atoms with van der Waals surface area (Å²) in [7, 11) is -2.49. The van der Waals surface area contributed by atoms with E-state index in [1.54, 1.807) is 12.1 Å². The first-order valence-corrected chi connectivity index (χ1v) is 15.9. The van der Waals surface area contributed by atoms with E-state index < -0.39 is 54.2 Å². The smallest absolute Gasteiger partial charge is 0.341 e. The van der Waals surface area contributed by atoms with Crippen molar-refractivity contribution in [1.29, 1.82) is 0 Å². The van der Waals surface area contributed by atoms with E-state index in [2.05, 4.69) is 22.6 Å². The van der Waals surface area contributed by atoms with Crippen molar-refractivity contribution >= 4 is 42.2 Å².